The fourth-order valence-electron chi connectivity index (χ4n) is 3.73. The molecule has 32 heavy (non-hydrogen) atoms. The van der Waals surface area contributed by atoms with E-state index in [0.29, 0.717) is 5.69 Å². The van der Waals surface area contributed by atoms with Crippen molar-refractivity contribution in [2.75, 3.05) is 17.1 Å². The summed E-state index contributed by atoms with van der Waals surface area (Å²) >= 11 is 0. The van der Waals surface area contributed by atoms with Crippen LogP contribution in [0.3, 0.4) is 0 Å². The highest BCUT2D eigenvalue weighted by molar-refractivity contribution is 7.92. The van der Waals surface area contributed by atoms with Gasteiger partial charge in [-0.05, 0) is 43.9 Å². The van der Waals surface area contributed by atoms with Gasteiger partial charge in [0, 0.05) is 19.2 Å². The Bertz CT molecular complexity index is 1240. The third-order valence-corrected chi connectivity index (χ3v) is 6.76. The molecular weight excluding hydrogens is 430 g/mol. The summed E-state index contributed by atoms with van der Waals surface area (Å²) in [4.78, 5) is 21.0. The molecule has 0 unspecified atom stereocenters. The van der Waals surface area contributed by atoms with Gasteiger partial charge in [-0.3, -0.25) is 9.52 Å². The number of aromatic nitrogens is 3. The van der Waals surface area contributed by atoms with E-state index in [2.05, 4.69) is 20.0 Å². The largest absolute Gasteiger partial charge is 0.480 e. The molecule has 0 atom stereocenters. The van der Waals surface area contributed by atoms with Crippen molar-refractivity contribution >= 4 is 27.3 Å². The lowest BCUT2D eigenvalue weighted by molar-refractivity contribution is 0.102. The predicted octanol–water partition coefficient (Wildman–Crippen LogP) is 3.29. The Morgan fingerprint density at radius 1 is 1.19 bits per heavy atom. The number of rotatable bonds is 6. The van der Waals surface area contributed by atoms with Crippen LogP contribution in [0.15, 0.2) is 41.6 Å². The van der Waals surface area contributed by atoms with Crippen molar-refractivity contribution in [1.82, 2.24) is 14.5 Å². The maximum atomic E-state index is 13.2. The second kappa shape index (κ2) is 8.62. The number of carbonyl (C=O) groups is 1. The Balaban J connectivity index is 1.62. The van der Waals surface area contributed by atoms with Gasteiger partial charge in [0.15, 0.2) is 4.90 Å². The van der Waals surface area contributed by atoms with Crippen molar-refractivity contribution in [2.45, 2.75) is 44.6 Å². The van der Waals surface area contributed by atoms with E-state index in [1.165, 1.54) is 19.4 Å². The van der Waals surface area contributed by atoms with Crippen LogP contribution in [0.2, 0.25) is 0 Å². The number of anilines is 2. The van der Waals surface area contributed by atoms with E-state index >= 15 is 0 Å². The molecule has 0 spiro atoms. The number of para-hydroxylation sites is 1. The lowest BCUT2D eigenvalue weighted by Gasteiger charge is -2.15. The quantitative estimate of drug-likeness (QED) is 0.589. The molecule has 1 aliphatic heterocycles. The van der Waals surface area contributed by atoms with Gasteiger partial charge in [-0.2, -0.15) is 0 Å². The van der Waals surface area contributed by atoms with Crippen molar-refractivity contribution in [2.24, 2.45) is 0 Å². The number of hydrogen-bond acceptors (Lipinski definition) is 6. The summed E-state index contributed by atoms with van der Waals surface area (Å²) in [6, 6.07) is 6.83. The summed E-state index contributed by atoms with van der Waals surface area (Å²) in [5.74, 6) is 0.388. The fraction of sp³-hybridized carbons (Fsp3) is 0.318. The molecule has 0 bridgehead atoms. The molecule has 3 heterocycles. The van der Waals surface area contributed by atoms with Crippen LogP contribution >= 0.6 is 0 Å². The smallest absolute Gasteiger partial charge is 0.275 e. The number of benzene rings is 1. The van der Waals surface area contributed by atoms with Crippen LogP contribution in [0, 0.1) is 13.8 Å². The molecule has 10 heteroatoms. The third-order valence-electron chi connectivity index (χ3n) is 5.42. The average Bonchev–Trinajstić information content (AvgIpc) is 3.21. The Kier molecular flexibility index (Phi) is 5.88. The summed E-state index contributed by atoms with van der Waals surface area (Å²) in [5, 5.41) is 2.69. The van der Waals surface area contributed by atoms with E-state index in [1.807, 2.05) is 36.6 Å². The van der Waals surface area contributed by atoms with Gasteiger partial charge in [0.1, 0.15) is 11.5 Å². The number of pyridine rings is 1. The molecule has 2 N–H and O–H groups in total. The van der Waals surface area contributed by atoms with Gasteiger partial charge >= 0.3 is 0 Å². The summed E-state index contributed by atoms with van der Waals surface area (Å²) < 4.78 is 36.1. The Labute approximate surface area is 186 Å². The van der Waals surface area contributed by atoms with Crippen LogP contribution in [0.4, 0.5) is 11.4 Å². The molecule has 168 valence electrons. The molecule has 1 aromatic carbocycles. The Morgan fingerprint density at radius 3 is 2.62 bits per heavy atom. The maximum absolute atomic E-state index is 13.2. The molecule has 4 rings (SSSR count). The number of ether oxygens (including phenoxy) is 1. The van der Waals surface area contributed by atoms with Gasteiger partial charge in [-0.1, -0.05) is 18.2 Å². The zero-order valence-corrected chi connectivity index (χ0v) is 19.0. The van der Waals surface area contributed by atoms with Gasteiger partial charge in [-0.25, -0.2) is 18.4 Å². The molecule has 1 amide bonds. The molecule has 2 aromatic heterocycles. The maximum Gasteiger partial charge on any atom is 0.275 e. The zero-order chi connectivity index (χ0) is 22.9. The monoisotopic (exact) mass is 455 g/mol. The van der Waals surface area contributed by atoms with Crippen LogP contribution in [0.1, 0.15) is 40.3 Å². The number of aryl methyl sites for hydroxylation is 4. The normalized spacial score (nSPS) is 13.3. The van der Waals surface area contributed by atoms with E-state index in [-0.39, 0.29) is 22.2 Å². The van der Waals surface area contributed by atoms with Crippen LogP contribution in [-0.4, -0.2) is 36.0 Å². The molecular formula is C22H25N5O4S. The molecule has 3 aromatic rings. The van der Waals surface area contributed by atoms with Crippen LogP contribution in [-0.2, 0) is 23.0 Å². The Morgan fingerprint density at radius 2 is 1.94 bits per heavy atom. The number of imidazole rings is 1. The number of hydrogen-bond donors (Lipinski definition) is 2. The van der Waals surface area contributed by atoms with E-state index < -0.39 is 15.9 Å². The topological polar surface area (TPSA) is 115 Å². The van der Waals surface area contributed by atoms with Crippen LogP contribution in [0.25, 0.3) is 0 Å². The van der Waals surface area contributed by atoms with Gasteiger partial charge in [0.05, 0.1) is 24.7 Å². The molecule has 1 aliphatic rings. The highest BCUT2D eigenvalue weighted by Gasteiger charge is 2.24. The zero-order valence-electron chi connectivity index (χ0n) is 18.2. The highest BCUT2D eigenvalue weighted by Crippen LogP contribution is 2.29. The minimum atomic E-state index is -4.03. The van der Waals surface area contributed by atoms with Crippen molar-refractivity contribution in [3.05, 3.63) is 59.3 Å². The SMILES string of the molecule is COc1ncc(NC(=O)c2cn3c(n2)CCCC3)cc1S(=O)(=O)Nc1c(C)cccc1C. The van der Waals surface area contributed by atoms with E-state index in [1.54, 1.807) is 6.20 Å². The van der Waals surface area contributed by atoms with Crippen molar-refractivity contribution in [3.63, 3.8) is 0 Å². The first-order valence-electron chi connectivity index (χ1n) is 10.3. The summed E-state index contributed by atoms with van der Waals surface area (Å²) in [7, 11) is -2.69. The highest BCUT2D eigenvalue weighted by atomic mass is 32.2. The molecule has 9 nitrogen and oxygen atoms in total. The number of amides is 1. The molecule has 0 saturated heterocycles. The molecule has 0 radical (unpaired) electrons. The van der Waals surface area contributed by atoms with Crippen molar-refractivity contribution in [3.8, 4) is 5.88 Å². The first kappa shape index (κ1) is 21.8. The standard InChI is InChI=1S/C22H25N5O4S/c1-14-7-6-8-15(2)20(14)26-32(29,30)18-11-16(12-23-22(18)31-3)24-21(28)17-13-27-10-5-4-9-19(27)25-17/h6-8,11-13,26H,4-5,9-10H2,1-3H3,(H,24,28). The lowest BCUT2D eigenvalue weighted by Crippen LogP contribution is -2.18. The third kappa shape index (κ3) is 4.31. The Hall–Kier alpha value is -3.40. The minimum absolute atomic E-state index is 0.0702. The van der Waals surface area contributed by atoms with Crippen molar-refractivity contribution in [1.29, 1.82) is 0 Å². The number of sulfonamides is 1. The second-order valence-corrected chi connectivity index (χ2v) is 9.40. The van der Waals surface area contributed by atoms with Gasteiger partial charge in [0.2, 0.25) is 5.88 Å². The summed E-state index contributed by atoms with van der Waals surface area (Å²) in [6.45, 7) is 4.48. The average molecular weight is 456 g/mol. The van der Waals surface area contributed by atoms with Crippen LogP contribution in [0.5, 0.6) is 5.88 Å². The summed E-state index contributed by atoms with van der Waals surface area (Å²) in [6.07, 6.45) is 6.02. The van der Waals surface area contributed by atoms with E-state index in [9.17, 15) is 13.2 Å². The van der Waals surface area contributed by atoms with Crippen molar-refractivity contribution < 1.29 is 17.9 Å². The lowest BCUT2D eigenvalue weighted by atomic mass is 10.1. The van der Waals surface area contributed by atoms with E-state index in [4.69, 9.17) is 4.74 Å². The van der Waals surface area contributed by atoms with Gasteiger partial charge in [-0.15, -0.1) is 0 Å². The first-order valence-corrected chi connectivity index (χ1v) is 11.8. The minimum Gasteiger partial charge on any atom is -0.480 e. The predicted molar refractivity (Wildman–Crippen MR) is 121 cm³/mol. The number of nitrogens with one attached hydrogen (secondary N) is 2. The van der Waals surface area contributed by atoms with Gasteiger partial charge < -0.3 is 14.6 Å². The summed E-state index contributed by atoms with van der Waals surface area (Å²) in [5.41, 5.74) is 2.58. The number of nitrogens with zero attached hydrogens (tertiary/aromatic N) is 3. The number of carbonyl (C=O) groups excluding carboxylic acids is 1. The number of methoxy groups -OCH3 is 1. The van der Waals surface area contributed by atoms with Gasteiger partial charge in [0.25, 0.3) is 15.9 Å². The number of fused-ring (bicyclic) bond motifs is 1. The van der Waals surface area contributed by atoms with E-state index in [0.717, 1.165) is 42.8 Å². The first-order chi connectivity index (χ1) is 15.3. The second-order valence-electron chi connectivity index (χ2n) is 7.75. The van der Waals surface area contributed by atoms with Crippen LogP contribution < -0.4 is 14.8 Å². The molecule has 0 saturated carbocycles. The molecule has 0 fully saturated rings. The molecule has 0 aliphatic carbocycles. The fourth-order valence-corrected chi connectivity index (χ4v) is 5.08.